The highest BCUT2D eigenvalue weighted by Gasteiger charge is 2.36. The van der Waals surface area contributed by atoms with E-state index < -0.39 is 0 Å². The minimum Gasteiger partial charge on any atom is -0.354 e. The van der Waals surface area contributed by atoms with Crippen molar-refractivity contribution in [3.63, 3.8) is 0 Å². The maximum absolute atomic E-state index is 12.5. The zero-order valence-corrected chi connectivity index (χ0v) is 14.4. The second kappa shape index (κ2) is 7.65. The fourth-order valence-corrected chi connectivity index (χ4v) is 4.05. The van der Waals surface area contributed by atoms with Crippen LogP contribution in [-0.2, 0) is 9.59 Å². The van der Waals surface area contributed by atoms with Gasteiger partial charge in [0.25, 0.3) is 0 Å². The molecule has 0 aromatic carbocycles. The molecule has 1 aliphatic carbocycles. The van der Waals surface area contributed by atoms with Crippen LogP contribution < -0.4 is 5.32 Å². The Labute approximate surface area is 139 Å². The third kappa shape index (κ3) is 4.25. The Hall–Kier alpha value is -1.10. The van der Waals surface area contributed by atoms with E-state index in [1.54, 1.807) is 0 Å². The summed E-state index contributed by atoms with van der Waals surface area (Å²) in [5.41, 5.74) is 0. The summed E-state index contributed by atoms with van der Waals surface area (Å²) in [4.78, 5) is 29.1. The van der Waals surface area contributed by atoms with Gasteiger partial charge in [0.1, 0.15) is 0 Å². The minimum absolute atomic E-state index is 0.00915. The van der Waals surface area contributed by atoms with Crippen molar-refractivity contribution in [1.82, 2.24) is 15.1 Å². The molecule has 2 saturated heterocycles. The lowest BCUT2D eigenvalue weighted by atomic mass is 9.96. The first kappa shape index (κ1) is 16.7. The summed E-state index contributed by atoms with van der Waals surface area (Å²) in [7, 11) is 0. The van der Waals surface area contributed by atoms with Crippen LogP contribution in [0, 0.1) is 11.8 Å². The number of rotatable bonds is 5. The van der Waals surface area contributed by atoms with Crippen molar-refractivity contribution >= 4 is 11.8 Å². The van der Waals surface area contributed by atoms with Crippen LogP contribution in [0.2, 0.25) is 0 Å². The third-order valence-electron chi connectivity index (χ3n) is 5.70. The largest absolute Gasteiger partial charge is 0.354 e. The lowest BCUT2D eigenvalue weighted by Crippen LogP contribution is -2.50. The summed E-state index contributed by atoms with van der Waals surface area (Å²) in [5.74, 6) is 0.689. The zero-order valence-electron chi connectivity index (χ0n) is 14.4. The van der Waals surface area contributed by atoms with Crippen molar-refractivity contribution in [3.05, 3.63) is 0 Å². The number of carbonyl (C=O) groups excluding carboxylic acids is 2. The van der Waals surface area contributed by atoms with Crippen molar-refractivity contribution < 1.29 is 9.59 Å². The molecule has 3 fully saturated rings. The molecule has 1 saturated carbocycles. The Balaban J connectivity index is 1.46. The number of nitrogens with one attached hydrogen (secondary N) is 1. The normalized spacial score (nSPS) is 29.3. The van der Waals surface area contributed by atoms with E-state index in [0.29, 0.717) is 12.6 Å². The summed E-state index contributed by atoms with van der Waals surface area (Å²) >= 11 is 0. The maximum atomic E-state index is 12.5. The van der Waals surface area contributed by atoms with E-state index in [2.05, 4.69) is 17.1 Å². The topological polar surface area (TPSA) is 52.7 Å². The van der Waals surface area contributed by atoms with Crippen LogP contribution in [0.1, 0.15) is 51.9 Å². The van der Waals surface area contributed by atoms with Crippen molar-refractivity contribution in [1.29, 1.82) is 0 Å². The first-order chi connectivity index (χ1) is 11.2. The highest BCUT2D eigenvalue weighted by molar-refractivity contribution is 5.83. The summed E-state index contributed by atoms with van der Waals surface area (Å²) in [5, 5.41) is 3.17. The van der Waals surface area contributed by atoms with Gasteiger partial charge in [-0.3, -0.25) is 14.5 Å². The van der Waals surface area contributed by atoms with Crippen LogP contribution in [0.3, 0.4) is 0 Å². The first-order valence-electron chi connectivity index (χ1n) is 9.49. The van der Waals surface area contributed by atoms with Gasteiger partial charge in [0.15, 0.2) is 0 Å². The van der Waals surface area contributed by atoms with Gasteiger partial charge >= 0.3 is 0 Å². The van der Waals surface area contributed by atoms with Crippen LogP contribution in [0.25, 0.3) is 0 Å². The van der Waals surface area contributed by atoms with Gasteiger partial charge < -0.3 is 10.2 Å². The average Bonchev–Trinajstić information content (AvgIpc) is 3.44. The molecule has 5 heteroatoms. The Morgan fingerprint density at radius 2 is 1.83 bits per heavy atom. The molecule has 1 N–H and O–H groups in total. The van der Waals surface area contributed by atoms with E-state index >= 15 is 0 Å². The van der Waals surface area contributed by atoms with Gasteiger partial charge in [-0.15, -0.1) is 0 Å². The molecule has 130 valence electrons. The molecule has 0 unspecified atom stereocenters. The Morgan fingerprint density at radius 3 is 2.57 bits per heavy atom. The van der Waals surface area contributed by atoms with Crippen molar-refractivity contribution in [2.24, 2.45) is 11.8 Å². The van der Waals surface area contributed by atoms with Crippen LogP contribution in [-0.4, -0.2) is 60.4 Å². The van der Waals surface area contributed by atoms with Gasteiger partial charge in [-0.2, -0.15) is 0 Å². The lowest BCUT2D eigenvalue weighted by molar-refractivity contribution is -0.136. The number of carbonyl (C=O) groups is 2. The van der Waals surface area contributed by atoms with Crippen LogP contribution in [0.4, 0.5) is 0 Å². The van der Waals surface area contributed by atoms with Crippen LogP contribution >= 0.6 is 0 Å². The SMILES string of the molecule is CCN1CCCC[C@H]1CNC(=O)[C@H]1CCCN(C(=O)C2CC2)C1. The summed E-state index contributed by atoms with van der Waals surface area (Å²) in [6, 6.07) is 0.491. The number of hydrogen-bond donors (Lipinski definition) is 1. The Morgan fingerprint density at radius 1 is 1.00 bits per heavy atom. The molecule has 0 bridgehead atoms. The second-order valence-electron chi connectivity index (χ2n) is 7.42. The molecule has 2 aliphatic heterocycles. The molecule has 2 atom stereocenters. The first-order valence-corrected chi connectivity index (χ1v) is 9.49. The highest BCUT2D eigenvalue weighted by atomic mass is 16.2. The summed E-state index contributed by atoms with van der Waals surface area (Å²) in [6.45, 7) is 6.65. The molecule has 5 nitrogen and oxygen atoms in total. The van der Waals surface area contributed by atoms with E-state index in [1.165, 1.54) is 19.3 Å². The number of amides is 2. The van der Waals surface area contributed by atoms with Gasteiger partial charge in [0, 0.05) is 31.6 Å². The van der Waals surface area contributed by atoms with Crippen molar-refractivity contribution in [3.8, 4) is 0 Å². The molecule has 2 heterocycles. The predicted molar refractivity (Wildman–Crippen MR) is 89.9 cm³/mol. The molecule has 2 amide bonds. The maximum Gasteiger partial charge on any atom is 0.225 e. The van der Waals surface area contributed by atoms with Crippen molar-refractivity contribution in [2.45, 2.75) is 57.9 Å². The van der Waals surface area contributed by atoms with E-state index in [4.69, 9.17) is 0 Å². The minimum atomic E-state index is -0.00915. The molecule has 0 spiro atoms. The van der Waals surface area contributed by atoms with E-state index in [9.17, 15) is 9.59 Å². The van der Waals surface area contributed by atoms with Gasteiger partial charge in [0.2, 0.25) is 11.8 Å². The fraction of sp³-hybridized carbons (Fsp3) is 0.889. The molecule has 3 aliphatic rings. The standard InChI is InChI=1S/C18H31N3O2/c1-2-20-10-4-3-7-16(20)12-19-17(22)15-6-5-11-21(13-15)18(23)14-8-9-14/h14-16H,2-13H2,1H3,(H,19,22)/t15-,16-/m0/s1. The fourth-order valence-electron chi connectivity index (χ4n) is 4.05. The third-order valence-corrected chi connectivity index (χ3v) is 5.70. The number of hydrogen-bond acceptors (Lipinski definition) is 3. The van der Waals surface area contributed by atoms with Crippen LogP contribution in [0.15, 0.2) is 0 Å². The number of piperidine rings is 2. The van der Waals surface area contributed by atoms with Gasteiger partial charge in [-0.1, -0.05) is 13.3 Å². The number of likely N-dealkylation sites (N-methyl/N-ethyl adjacent to an activating group) is 1. The summed E-state index contributed by atoms with van der Waals surface area (Å²) in [6.07, 6.45) is 7.69. The van der Waals surface area contributed by atoms with E-state index in [-0.39, 0.29) is 23.7 Å². The molecule has 3 rings (SSSR count). The molecular weight excluding hydrogens is 290 g/mol. The predicted octanol–water partition coefficient (Wildman–Crippen LogP) is 1.63. The smallest absolute Gasteiger partial charge is 0.225 e. The lowest BCUT2D eigenvalue weighted by Gasteiger charge is -2.36. The molecule has 23 heavy (non-hydrogen) atoms. The van der Waals surface area contributed by atoms with Gasteiger partial charge in [0.05, 0.1) is 5.92 Å². The molecule has 0 aromatic heterocycles. The molecule has 0 radical (unpaired) electrons. The van der Waals surface area contributed by atoms with Gasteiger partial charge in [-0.25, -0.2) is 0 Å². The van der Waals surface area contributed by atoms with Crippen LogP contribution in [0.5, 0.6) is 0 Å². The Bertz CT molecular complexity index is 436. The Kier molecular flexibility index (Phi) is 5.57. The van der Waals surface area contributed by atoms with E-state index in [0.717, 1.165) is 51.9 Å². The quantitative estimate of drug-likeness (QED) is 0.837. The molecule has 0 aromatic rings. The zero-order chi connectivity index (χ0) is 16.2. The monoisotopic (exact) mass is 321 g/mol. The van der Waals surface area contributed by atoms with Gasteiger partial charge in [-0.05, 0) is 51.6 Å². The average molecular weight is 321 g/mol. The second-order valence-corrected chi connectivity index (χ2v) is 7.42. The number of nitrogens with zero attached hydrogens (tertiary/aromatic N) is 2. The number of likely N-dealkylation sites (tertiary alicyclic amines) is 2. The van der Waals surface area contributed by atoms with E-state index in [1.807, 2.05) is 4.90 Å². The summed E-state index contributed by atoms with van der Waals surface area (Å²) < 4.78 is 0. The van der Waals surface area contributed by atoms with Crippen molar-refractivity contribution in [2.75, 3.05) is 32.7 Å². The highest BCUT2D eigenvalue weighted by Crippen LogP contribution is 2.32. The molecular formula is C18H31N3O2.